The highest BCUT2D eigenvalue weighted by atomic mass is 16.1. The minimum absolute atomic E-state index is 0.464. The van der Waals surface area contributed by atoms with Crippen molar-refractivity contribution < 1.29 is 4.79 Å². The molecule has 13 heavy (non-hydrogen) atoms. The highest BCUT2D eigenvalue weighted by Gasteiger charge is 2.05. The molecule has 0 aromatic carbocycles. The highest BCUT2D eigenvalue weighted by Crippen LogP contribution is 2.12. The molecule has 0 N–H and O–H groups in total. The van der Waals surface area contributed by atoms with Crippen LogP contribution in [0.1, 0.15) is 32.1 Å². The van der Waals surface area contributed by atoms with Gasteiger partial charge in [-0.25, -0.2) is 0 Å². The summed E-state index contributed by atoms with van der Waals surface area (Å²) >= 11 is 0. The predicted octanol–water partition coefficient (Wildman–Crippen LogP) is 2.60. The molecule has 0 unspecified atom stereocenters. The normalized spacial score (nSPS) is 15.8. The van der Waals surface area contributed by atoms with Gasteiger partial charge in [0, 0.05) is 25.2 Å². The van der Waals surface area contributed by atoms with E-state index >= 15 is 0 Å². The van der Waals surface area contributed by atoms with E-state index in [4.69, 9.17) is 0 Å². The number of Topliss-reactive ketones (excluding diaryl/α,β-unsaturated/α-hetero) is 1. The number of pyridine rings is 1. The monoisotopic (exact) mass is 177 g/mol. The molecule has 1 fully saturated rings. The molecule has 1 aromatic heterocycles. The Morgan fingerprint density at radius 1 is 0.923 bits per heavy atom. The van der Waals surface area contributed by atoms with Crippen molar-refractivity contribution in [1.29, 1.82) is 0 Å². The van der Waals surface area contributed by atoms with Crippen LogP contribution in [-0.2, 0) is 4.79 Å². The first-order valence-electron chi connectivity index (χ1n) is 4.76. The van der Waals surface area contributed by atoms with Crippen LogP contribution in [0.25, 0.3) is 0 Å². The Hall–Kier alpha value is -1.18. The average Bonchev–Trinajstić information content (AvgIpc) is 2.22. The summed E-state index contributed by atoms with van der Waals surface area (Å²) in [4.78, 5) is 14.2. The molecule has 0 spiro atoms. The number of carbonyl (C=O) groups is 1. The van der Waals surface area contributed by atoms with Crippen LogP contribution in [0.4, 0.5) is 0 Å². The van der Waals surface area contributed by atoms with Gasteiger partial charge in [-0.1, -0.05) is 12.5 Å². The van der Waals surface area contributed by atoms with Gasteiger partial charge in [0.2, 0.25) is 0 Å². The third kappa shape index (κ3) is 5.12. The quantitative estimate of drug-likeness (QED) is 0.609. The van der Waals surface area contributed by atoms with Gasteiger partial charge in [0.15, 0.2) is 0 Å². The molecule has 1 saturated carbocycles. The Balaban J connectivity index is 0.000000132. The molecule has 1 heterocycles. The fraction of sp³-hybridized carbons (Fsp3) is 0.455. The second-order valence-electron chi connectivity index (χ2n) is 3.12. The lowest BCUT2D eigenvalue weighted by molar-refractivity contribution is -0.120. The molecule has 0 aliphatic heterocycles. The Bertz CT molecular complexity index is 198. The van der Waals surface area contributed by atoms with Gasteiger partial charge in [0.05, 0.1) is 0 Å². The minimum atomic E-state index is 0.464. The molecular formula is C11H15NO. The lowest BCUT2D eigenvalue weighted by Crippen LogP contribution is -2.02. The van der Waals surface area contributed by atoms with Crippen LogP contribution >= 0.6 is 0 Å². The van der Waals surface area contributed by atoms with Crippen LogP contribution in [-0.4, -0.2) is 10.8 Å². The molecule has 1 aromatic rings. The fourth-order valence-corrected chi connectivity index (χ4v) is 1.26. The van der Waals surface area contributed by atoms with Crippen molar-refractivity contribution in [2.45, 2.75) is 32.1 Å². The molecule has 0 radical (unpaired) electrons. The molecule has 1 aliphatic carbocycles. The average molecular weight is 177 g/mol. The standard InChI is InChI=1S/C6H10O.C5H5N/c7-6-4-2-1-3-5-6;1-2-4-6-5-3-1/h1-5H2;1-5H. The van der Waals surface area contributed by atoms with E-state index in [2.05, 4.69) is 4.98 Å². The van der Waals surface area contributed by atoms with E-state index in [1.54, 1.807) is 12.4 Å². The van der Waals surface area contributed by atoms with E-state index < -0.39 is 0 Å². The highest BCUT2D eigenvalue weighted by molar-refractivity contribution is 5.78. The van der Waals surface area contributed by atoms with Gasteiger partial charge in [0.1, 0.15) is 5.78 Å². The molecule has 1 aliphatic rings. The van der Waals surface area contributed by atoms with Crippen molar-refractivity contribution >= 4 is 5.78 Å². The topological polar surface area (TPSA) is 30.0 Å². The second-order valence-corrected chi connectivity index (χ2v) is 3.12. The van der Waals surface area contributed by atoms with Crippen molar-refractivity contribution in [3.63, 3.8) is 0 Å². The van der Waals surface area contributed by atoms with Gasteiger partial charge in [-0.2, -0.15) is 0 Å². The van der Waals surface area contributed by atoms with Crippen LogP contribution in [0.2, 0.25) is 0 Å². The number of hydrogen-bond donors (Lipinski definition) is 0. The summed E-state index contributed by atoms with van der Waals surface area (Å²) in [5.41, 5.74) is 0. The van der Waals surface area contributed by atoms with Crippen LogP contribution in [0, 0.1) is 0 Å². The SMILES string of the molecule is O=C1CCCCC1.c1ccncc1. The second kappa shape index (κ2) is 6.35. The summed E-state index contributed by atoms with van der Waals surface area (Å²) in [5, 5.41) is 0. The van der Waals surface area contributed by atoms with E-state index in [1.165, 1.54) is 6.42 Å². The molecule has 2 rings (SSSR count). The Morgan fingerprint density at radius 2 is 1.54 bits per heavy atom. The molecule has 2 nitrogen and oxygen atoms in total. The molecule has 0 bridgehead atoms. The summed E-state index contributed by atoms with van der Waals surface area (Å²) in [6, 6.07) is 5.72. The maximum Gasteiger partial charge on any atom is 0.132 e. The zero-order chi connectivity index (χ0) is 9.36. The van der Waals surface area contributed by atoms with E-state index in [0.29, 0.717) is 5.78 Å². The van der Waals surface area contributed by atoms with E-state index in [0.717, 1.165) is 25.7 Å². The third-order valence-electron chi connectivity index (χ3n) is 1.98. The minimum Gasteiger partial charge on any atom is -0.300 e. The third-order valence-corrected chi connectivity index (χ3v) is 1.98. The number of carbonyl (C=O) groups excluding carboxylic acids is 1. The summed E-state index contributed by atoms with van der Waals surface area (Å²) in [7, 11) is 0. The molecule has 0 atom stereocenters. The molecule has 70 valence electrons. The van der Waals surface area contributed by atoms with Crippen molar-refractivity contribution in [3.05, 3.63) is 30.6 Å². The van der Waals surface area contributed by atoms with Crippen LogP contribution in [0.15, 0.2) is 30.6 Å². The Morgan fingerprint density at radius 3 is 1.77 bits per heavy atom. The van der Waals surface area contributed by atoms with E-state index in [1.807, 2.05) is 18.2 Å². The first-order valence-corrected chi connectivity index (χ1v) is 4.76. The van der Waals surface area contributed by atoms with E-state index in [9.17, 15) is 4.79 Å². The summed E-state index contributed by atoms with van der Waals surface area (Å²) in [6.07, 6.45) is 8.74. The largest absolute Gasteiger partial charge is 0.300 e. The number of nitrogens with zero attached hydrogens (tertiary/aromatic N) is 1. The van der Waals surface area contributed by atoms with Crippen molar-refractivity contribution in [1.82, 2.24) is 4.98 Å². The summed E-state index contributed by atoms with van der Waals surface area (Å²) in [6.45, 7) is 0. The van der Waals surface area contributed by atoms with Crippen LogP contribution < -0.4 is 0 Å². The maximum absolute atomic E-state index is 10.5. The predicted molar refractivity (Wildman–Crippen MR) is 52.3 cm³/mol. The lowest BCUT2D eigenvalue weighted by Gasteiger charge is -2.05. The van der Waals surface area contributed by atoms with Gasteiger partial charge < -0.3 is 0 Å². The van der Waals surface area contributed by atoms with Crippen LogP contribution in [0.5, 0.6) is 0 Å². The summed E-state index contributed by atoms with van der Waals surface area (Å²) < 4.78 is 0. The van der Waals surface area contributed by atoms with Gasteiger partial charge in [-0.15, -0.1) is 0 Å². The molecule has 0 amide bonds. The van der Waals surface area contributed by atoms with Gasteiger partial charge >= 0.3 is 0 Å². The van der Waals surface area contributed by atoms with Gasteiger partial charge in [-0.3, -0.25) is 9.78 Å². The number of hydrogen-bond acceptors (Lipinski definition) is 2. The smallest absolute Gasteiger partial charge is 0.132 e. The molecular weight excluding hydrogens is 162 g/mol. The molecule has 2 heteroatoms. The van der Waals surface area contributed by atoms with E-state index in [-0.39, 0.29) is 0 Å². The van der Waals surface area contributed by atoms with Crippen molar-refractivity contribution in [2.24, 2.45) is 0 Å². The Labute approximate surface area is 79.0 Å². The first kappa shape index (κ1) is 9.90. The summed E-state index contributed by atoms with van der Waals surface area (Å²) in [5.74, 6) is 0.464. The maximum atomic E-state index is 10.5. The van der Waals surface area contributed by atoms with Crippen LogP contribution in [0.3, 0.4) is 0 Å². The number of rotatable bonds is 0. The molecule has 0 saturated heterocycles. The van der Waals surface area contributed by atoms with Gasteiger partial charge in [-0.05, 0) is 25.0 Å². The lowest BCUT2D eigenvalue weighted by atomic mass is 10.00. The fourth-order valence-electron chi connectivity index (χ4n) is 1.26. The number of ketones is 1. The zero-order valence-corrected chi connectivity index (χ0v) is 7.78. The number of aromatic nitrogens is 1. The zero-order valence-electron chi connectivity index (χ0n) is 7.78. The Kier molecular flexibility index (Phi) is 4.84. The first-order chi connectivity index (χ1) is 6.39. The van der Waals surface area contributed by atoms with Gasteiger partial charge in [0.25, 0.3) is 0 Å². The van der Waals surface area contributed by atoms with Crippen molar-refractivity contribution in [3.8, 4) is 0 Å². The van der Waals surface area contributed by atoms with Crippen molar-refractivity contribution in [2.75, 3.05) is 0 Å².